The van der Waals surface area contributed by atoms with E-state index in [1.165, 1.54) is 18.2 Å². The largest absolute Gasteiger partial charge is 0.382 e. The van der Waals surface area contributed by atoms with E-state index in [1.807, 2.05) is 18.2 Å². The van der Waals surface area contributed by atoms with Gasteiger partial charge in [-0.3, -0.25) is 14.9 Å². The summed E-state index contributed by atoms with van der Waals surface area (Å²) < 4.78 is 0. The van der Waals surface area contributed by atoms with Crippen LogP contribution in [-0.2, 0) is 0 Å². The van der Waals surface area contributed by atoms with E-state index in [1.54, 1.807) is 12.4 Å². The third-order valence-corrected chi connectivity index (χ3v) is 4.86. The number of imidazole rings is 1. The number of nitrogen functional groups attached to an aromatic ring is 1. The molecule has 10 heteroatoms. The number of nitro groups is 1. The number of nitrogens with one attached hydrogen (secondary N) is 2. The summed E-state index contributed by atoms with van der Waals surface area (Å²) in [6.07, 6.45) is 1.60. The van der Waals surface area contributed by atoms with Gasteiger partial charge in [-0.25, -0.2) is 9.97 Å². The van der Waals surface area contributed by atoms with E-state index in [-0.39, 0.29) is 21.9 Å². The molecule has 4 rings (SSSR count). The number of thiazole rings is 1. The molecule has 0 fully saturated rings. The summed E-state index contributed by atoms with van der Waals surface area (Å²) in [6, 6.07) is 11.3. The number of fused-ring (bicyclic) bond motifs is 1. The molecule has 2 heterocycles. The van der Waals surface area contributed by atoms with Crippen molar-refractivity contribution < 1.29 is 9.72 Å². The van der Waals surface area contributed by atoms with Gasteiger partial charge in [-0.15, -0.1) is 0 Å². The molecule has 4 N–H and O–H groups in total. The highest BCUT2D eigenvalue weighted by atomic mass is 32.1. The fraction of sp³-hybridized carbons (Fsp3) is 0. The van der Waals surface area contributed by atoms with Crippen molar-refractivity contribution in [1.82, 2.24) is 15.0 Å². The van der Waals surface area contributed by atoms with Crippen LogP contribution in [0.4, 0.5) is 22.3 Å². The summed E-state index contributed by atoms with van der Waals surface area (Å²) in [5, 5.41) is 14.7. The summed E-state index contributed by atoms with van der Waals surface area (Å²) in [6.45, 7) is 0. The molecule has 27 heavy (non-hydrogen) atoms. The highest BCUT2D eigenvalue weighted by molar-refractivity contribution is 7.18. The quantitative estimate of drug-likeness (QED) is 0.273. The van der Waals surface area contributed by atoms with Crippen LogP contribution in [-0.4, -0.2) is 25.7 Å². The van der Waals surface area contributed by atoms with Gasteiger partial charge in [0.25, 0.3) is 5.69 Å². The Morgan fingerprint density at radius 3 is 2.89 bits per heavy atom. The van der Waals surface area contributed by atoms with Crippen molar-refractivity contribution in [2.75, 3.05) is 11.1 Å². The number of H-pyrrole nitrogens is 1. The molecule has 2 aromatic carbocycles. The van der Waals surface area contributed by atoms with Crippen LogP contribution >= 0.6 is 11.3 Å². The second-order valence-electron chi connectivity index (χ2n) is 5.60. The van der Waals surface area contributed by atoms with Crippen molar-refractivity contribution in [2.45, 2.75) is 0 Å². The fourth-order valence-corrected chi connectivity index (χ4v) is 3.49. The molecule has 0 saturated carbocycles. The third kappa shape index (κ3) is 3.09. The van der Waals surface area contributed by atoms with Crippen molar-refractivity contribution in [3.05, 3.63) is 69.3 Å². The minimum Gasteiger partial charge on any atom is -0.382 e. The first-order valence-electron chi connectivity index (χ1n) is 7.77. The highest BCUT2D eigenvalue weighted by Gasteiger charge is 2.25. The molecule has 0 spiro atoms. The number of aromatic nitrogens is 3. The maximum atomic E-state index is 12.7. The number of benzene rings is 2. The molecule has 0 aliphatic heterocycles. The van der Waals surface area contributed by atoms with Crippen LogP contribution in [0.15, 0.2) is 48.8 Å². The van der Waals surface area contributed by atoms with Gasteiger partial charge in [-0.05, 0) is 24.3 Å². The number of nitrogens with two attached hydrogens (primary N) is 1. The number of aromatic amines is 1. The lowest BCUT2D eigenvalue weighted by atomic mass is 10.1. The van der Waals surface area contributed by atoms with Gasteiger partial charge in [-0.2, -0.15) is 0 Å². The van der Waals surface area contributed by atoms with Crippen LogP contribution in [0.2, 0.25) is 0 Å². The average molecular weight is 380 g/mol. The molecular weight excluding hydrogens is 368 g/mol. The molecular formula is C17H12N6O3S. The number of hydrogen-bond acceptors (Lipinski definition) is 8. The number of ketones is 1. The lowest BCUT2D eigenvalue weighted by molar-refractivity contribution is -0.385. The van der Waals surface area contributed by atoms with Gasteiger partial charge < -0.3 is 16.0 Å². The molecule has 0 saturated heterocycles. The van der Waals surface area contributed by atoms with E-state index in [0.29, 0.717) is 5.13 Å². The zero-order valence-electron chi connectivity index (χ0n) is 13.7. The SMILES string of the molecule is Nc1nc(Nc2ccc3nc[nH]c3c2)sc1C(=O)c1ccccc1[N+](=O)[O-]. The molecule has 0 aliphatic carbocycles. The average Bonchev–Trinajstić information content (AvgIpc) is 3.27. The fourth-order valence-electron chi connectivity index (χ4n) is 2.63. The van der Waals surface area contributed by atoms with Crippen LogP contribution in [0, 0.1) is 10.1 Å². The van der Waals surface area contributed by atoms with Gasteiger partial charge in [0.15, 0.2) is 5.13 Å². The second kappa shape index (κ2) is 6.50. The molecule has 0 aliphatic rings. The van der Waals surface area contributed by atoms with Crippen LogP contribution in [0.3, 0.4) is 0 Å². The molecule has 0 radical (unpaired) electrons. The Bertz CT molecular complexity index is 1180. The number of anilines is 3. The van der Waals surface area contributed by atoms with E-state index in [2.05, 4.69) is 20.3 Å². The number of nitro benzene ring substituents is 1. The Balaban J connectivity index is 1.65. The Morgan fingerprint density at radius 2 is 2.07 bits per heavy atom. The molecule has 9 nitrogen and oxygen atoms in total. The highest BCUT2D eigenvalue weighted by Crippen LogP contribution is 2.32. The number of hydrogen-bond donors (Lipinski definition) is 3. The Labute approximate surface area is 156 Å². The second-order valence-corrected chi connectivity index (χ2v) is 6.60. The third-order valence-electron chi connectivity index (χ3n) is 3.88. The first-order chi connectivity index (χ1) is 13.0. The monoisotopic (exact) mass is 380 g/mol. The van der Waals surface area contributed by atoms with Crippen molar-refractivity contribution >= 4 is 50.5 Å². The standard InChI is InChI=1S/C17H12N6O3S/c18-16-15(14(24)10-3-1-2-4-13(10)23(25)26)27-17(22-16)21-9-5-6-11-12(7-9)20-8-19-11/h1-8H,18H2,(H,19,20)(H,21,22). The molecule has 0 atom stereocenters. The number of rotatable bonds is 5. The van der Waals surface area contributed by atoms with Gasteiger partial charge in [0.05, 0.1) is 22.3 Å². The van der Waals surface area contributed by atoms with Crippen molar-refractivity contribution in [1.29, 1.82) is 0 Å². The first kappa shape index (κ1) is 16.7. The van der Waals surface area contributed by atoms with Gasteiger partial charge in [0.1, 0.15) is 16.3 Å². The number of nitrogens with zero attached hydrogens (tertiary/aromatic N) is 3. The minimum atomic E-state index is -0.594. The van der Waals surface area contributed by atoms with Gasteiger partial charge in [0.2, 0.25) is 5.78 Å². The van der Waals surface area contributed by atoms with E-state index < -0.39 is 10.7 Å². The molecule has 2 aromatic heterocycles. The van der Waals surface area contributed by atoms with Crippen LogP contribution in [0.25, 0.3) is 11.0 Å². The zero-order chi connectivity index (χ0) is 19.0. The molecule has 0 amide bonds. The van der Waals surface area contributed by atoms with Gasteiger partial charge in [-0.1, -0.05) is 23.5 Å². The summed E-state index contributed by atoms with van der Waals surface area (Å²) in [4.78, 5) is 34.8. The van der Waals surface area contributed by atoms with Crippen molar-refractivity contribution in [2.24, 2.45) is 0 Å². The first-order valence-corrected chi connectivity index (χ1v) is 8.59. The Kier molecular flexibility index (Phi) is 4.01. The number of para-hydroxylation sites is 1. The van der Waals surface area contributed by atoms with Gasteiger partial charge in [0, 0.05) is 11.8 Å². The summed E-state index contributed by atoms with van der Waals surface area (Å²) >= 11 is 1.04. The lowest BCUT2D eigenvalue weighted by Crippen LogP contribution is -2.06. The van der Waals surface area contributed by atoms with E-state index in [9.17, 15) is 14.9 Å². The predicted molar refractivity (Wildman–Crippen MR) is 102 cm³/mol. The Morgan fingerprint density at radius 1 is 1.26 bits per heavy atom. The number of carbonyl (C=O) groups excluding carboxylic acids is 1. The van der Waals surface area contributed by atoms with Crippen LogP contribution in [0.5, 0.6) is 0 Å². The smallest absolute Gasteiger partial charge is 0.280 e. The maximum Gasteiger partial charge on any atom is 0.280 e. The molecule has 0 bridgehead atoms. The summed E-state index contributed by atoms with van der Waals surface area (Å²) in [5.41, 5.74) is 8.01. The molecule has 4 aromatic rings. The minimum absolute atomic E-state index is 0.0215. The van der Waals surface area contributed by atoms with Gasteiger partial charge >= 0.3 is 0 Å². The van der Waals surface area contributed by atoms with E-state index in [0.717, 1.165) is 28.1 Å². The molecule has 134 valence electrons. The topological polar surface area (TPSA) is 140 Å². The predicted octanol–water partition coefficient (Wildman–Crippen LogP) is 3.48. The lowest BCUT2D eigenvalue weighted by Gasteiger charge is -2.02. The zero-order valence-corrected chi connectivity index (χ0v) is 14.5. The molecule has 0 unspecified atom stereocenters. The van der Waals surface area contributed by atoms with Crippen molar-refractivity contribution in [3.63, 3.8) is 0 Å². The number of carbonyl (C=O) groups is 1. The van der Waals surface area contributed by atoms with Crippen molar-refractivity contribution in [3.8, 4) is 0 Å². The van der Waals surface area contributed by atoms with Crippen LogP contribution in [0.1, 0.15) is 15.2 Å². The van der Waals surface area contributed by atoms with Crippen LogP contribution < -0.4 is 11.1 Å². The Hall–Kier alpha value is -3.79. The van der Waals surface area contributed by atoms with E-state index >= 15 is 0 Å². The van der Waals surface area contributed by atoms with E-state index in [4.69, 9.17) is 5.73 Å². The summed E-state index contributed by atoms with van der Waals surface area (Å²) in [5.74, 6) is -0.511. The normalized spacial score (nSPS) is 10.8. The summed E-state index contributed by atoms with van der Waals surface area (Å²) in [7, 11) is 0. The maximum absolute atomic E-state index is 12.7.